The highest BCUT2D eigenvalue weighted by Crippen LogP contribution is 2.19. The van der Waals surface area contributed by atoms with Crippen LogP contribution in [-0.4, -0.2) is 19.0 Å². The molecule has 0 aliphatic carbocycles. The van der Waals surface area contributed by atoms with Crippen molar-refractivity contribution in [2.75, 3.05) is 12.4 Å². The molecule has 0 bridgehead atoms. The number of unbranched alkanes of at least 4 members (excludes halogenated alkanes) is 3. The van der Waals surface area contributed by atoms with E-state index in [0.29, 0.717) is 12.8 Å². The average molecular weight is 291 g/mol. The molecule has 1 aromatic rings. The first-order valence-corrected chi connectivity index (χ1v) is 7.47. The van der Waals surface area contributed by atoms with Gasteiger partial charge in [0.15, 0.2) is 0 Å². The SMILES string of the molecule is COC(=O)CCCCCCC(=O)Nc1c(C)cccc1C. The molecular weight excluding hydrogens is 266 g/mol. The number of carbonyl (C=O) groups is 2. The fourth-order valence-electron chi connectivity index (χ4n) is 2.22. The fraction of sp³-hybridized carbons (Fsp3) is 0.529. The third kappa shape index (κ3) is 6.43. The molecule has 0 spiro atoms. The number of para-hydroxylation sites is 1. The van der Waals surface area contributed by atoms with Gasteiger partial charge in [0.05, 0.1) is 7.11 Å². The molecule has 0 atom stereocenters. The quantitative estimate of drug-likeness (QED) is 0.586. The van der Waals surface area contributed by atoms with E-state index in [9.17, 15) is 9.59 Å². The number of methoxy groups -OCH3 is 1. The molecule has 0 aliphatic heterocycles. The number of hydrogen-bond acceptors (Lipinski definition) is 3. The van der Waals surface area contributed by atoms with Gasteiger partial charge in [0, 0.05) is 18.5 Å². The Morgan fingerprint density at radius 2 is 1.57 bits per heavy atom. The van der Waals surface area contributed by atoms with E-state index in [1.807, 2.05) is 32.0 Å². The Hall–Kier alpha value is -1.84. The summed E-state index contributed by atoms with van der Waals surface area (Å²) in [6.45, 7) is 3.99. The summed E-state index contributed by atoms with van der Waals surface area (Å²) in [5, 5.41) is 2.98. The van der Waals surface area contributed by atoms with Crippen LogP contribution in [0.3, 0.4) is 0 Å². The summed E-state index contributed by atoms with van der Waals surface area (Å²) in [6.07, 6.45) is 4.56. The van der Waals surface area contributed by atoms with Gasteiger partial charge in [-0.15, -0.1) is 0 Å². The van der Waals surface area contributed by atoms with Crippen molar-refractivity contribution in [1.29, 1.82) is 0 Å². The minimum absolute atomic E-state index is 0.0559. The first-order chi connectivity index (χ1) is 10.0. The Morgan fingerprint density at radius 1 is 1.00 bits per heavy atom. The van der Waals surface area contributed by atoms with E-state index in [1.165, 1.54) is 7.11 Å². The van der Waals surface area contributed by atoms with Gasteiger partial charge in [-0.3, -0.25) is 9.59 Å². The number of benzene rings is 1. The Kier molecular flexibility index (Phi) is 7.51. The molecule has 0 saturated heterocycles. The zero-order valence-corrected chi connectivity index (χ0v) is 13.2. The third-order valence-corrected chi connectivity index (χ3v) is 3.51. The number of rotatable bonds is 8. The van der Waals surface area contributed by atoms with Gasteiger partial charge in [-0.2, -0.15) is 0 Å². The third-order valence-electron chi connectivity index (χ3n) is 3.51. The minimum atomic E-state index is -0.164. The number of esters is 1. The number of nitrogens with one attached hydrogen (secondary N) is 1. The van der Waals surface area contributed by atoms with Crippen molar-refractivity contribution in [2.24, 2.45) is 0 Å². The first kappa shape index (κ1) is 17.2. The van der Waals surface area contributed by atoms with E-state index in [4.69, 9.17) is 0 Å². The topological polar surface area (TPSA) is 55.4 Å². The first-order valence-electron chi connectivity index (χ1n) is 7.47. The second kappa shape index (κ2) is 9.16. The highest BCUT2D eigenvalue weighted by molar-refractivity contribution is 5.92. The van der Waals surface area contributed by atoms with Crippen LogP contribution in [0.5, 0.6) is 0 Å². The number of hydrogen-bond donors (Lipinski definition) is 1. The predicted molar refractivity (Wildman–Crippen MR) is 84.3 cm³/mol. The Labute approximate surface area is 126 Å². The van der Waals surface area contributed by atoms with Gasteiger partial charge in [0.2, 0.25) is 5.91 Å². The molecule has 1 amide bonds. The molecule has 116 valence electrons. The second-order valence-corrected chi connectivity index (χ2v) is 5.31. The van der Waals surface area contributed by atoms with E-state index in [1.54, 1.807) is 0 Å². The molecule has 1 N–H and O–H groups in total. The van der Waals surface area contributed by atoms with Crippen molar-refractivity contribution in [3.63, 3.8) is 0 Å². The number of aryl methyl sites for hydroxylation is 2. The van der Waals surface area contributed by atoms with Crippen molar-refractivity contribution < 1.29 is 14.3 Å². The zero-order valence-electron chi connectivity index (χ0n) is 13.2. The summed E-state index contributed by atoms with van der Waals surface area (Å²) in [7, 11) is 1.40. The summed E-state index contributed by atoms with van der Waals surface area (Å²) in [4.78, 5) is 22.9. The van der Waals surface area contributed by atoms with Crippen LogP contribution < -0.4 is 5.32 Å². The van der Waals surface area contributed by atoms with Gasteiger partial charge < -0.3 is 10.1 Å². The van der Waals surface area contributed by atoms with Crippen LogP contribution in [-0.2, 0) is 14.3 Å². The van der Waals surface area contributed by atoms with E-state index >= 15 is 0 Å². The molecule has 0 fully saturated rings. The molecule has 1 rings (SSSR count). The number of anilines is 1. The number of ether oxygens (including phenoxy) is 1. The molecule has 1 aromatic carbocycles. The van der Waals surface area contributed by atoms with E-state index in [0.717, 1.165) is 42.5 Å². The highest BCUT2D eigenvalue weighted by Gasteiger charge is 2.07. The molecule has 0 unspecified atom stereocenters. The molecule has 0 aromatic heterocycles. The van der Waals surface area contributed by atoms with Crippen molar-refractivity contribution in [1.82, 2.24) is 0 Å². The molecular formula is C17H25NO3. The summed E-state index contributed by atoms with van der Waals surface area (Å²) in [6, 6.07) is 5.98. The summed E-state index contributed by atoms with van der Waals surface area (Å²) in [5.41, 5.74) is 3.09. The van der Waals surface area contributed by atoms with Crippen LogP contribution in [0, 0.1) is 13.8 Å². The zero-order chi connectivity index (χ0) is 15.7. The summed E-state index contributed by atoms with van der Waals surface area (Å²) >= 11 is 0. The molecule has 0 heterocycles. The lowest BCUT2D eigenvalue weighted by atomic mass is 10.1. The van der Waals surface area contributed by atoms with Gasteiger partial charge in [0.25, 0.3) is 0 Å². The Bertz CT molecular complexity index is 463. The standard InChI is InChI=1S/C17H25NO3/c1-13-9-8-10-14(2)17(13)18-15(19)11-6-4-5-7-12-16(20)21-3/h8-10H,4-7,11-12H2,1-3H3,(H,18,19). The average Bonchev–Trinajstić information content (AvgIpc) is 2.46. The number of amides is 1. The molecule has 0 aliphatic rings. The monoisotopic (exact) mass is 291 g/mol. The lowest BCUT2D eigenvalue weighted by Crippen LogP contribution is -2.13. The van der Waals surface area contributed by atoms with Gasteiger partial charge in [0.1, 0.15) is 0 Å². The molecule has 4 nitrogen and oxygen atoms in total. The Balaban J connectivity index is 2.21. The van der Waals surface area contributed by atoms with Crippen molar-refractivity contribution in [2.45, 2.75) is 52.4 Å². The van der Waals surface area contributed by atoms with Crippen molar-refractivity contribution in [3.8, 4) is 0 Å². The largest absolute Gasteiger partial charge is 0.469 e. The molecule has 0 radical (unpaired) electrons. The van der Waals surface area contributed by atoms with Crippen LogP contribution in [0.25, 0.3) is 0 Å². The summed E-state index contributed by atoms with van der Waals surface area (Å²) < 4.78 is 4.58. The van der Waals surface area contributed by atoms with Crippen molar-refractivity contribution >= 4 is 17.6 Å². The molecule has 21 heavy (non-hydrogen) atoms. The maximum atomic E-state index is 11.9. The van der Waals surface area contributed by atoms with E-state index in [-0.39, 0.29) is 11.9 Å². The van der Waals surface area contributed by atoms with Gasteiger partial charge in [-0.25, -0.2) is 0 Å². The van der Waals surface area contributed by atoms with Crippen LogP contribution in [0.15, 0.2) is 18.2 Å². The van der Waals surface area contributed by atoms with Crippen molar-refractivity contribution in [3.05, 3.63) is 29.3 Å². The van der Waals surface area contributed by atoms with Gasteiger partial charge in [-0.05, 0) is 37.8 Å². The van der Waals surface area contributed by atoms with E-state index < -0.39 is 0 Å². The maximum absolute atomic E-state index is 11.9. The molecule has 4 heteroatoms. The maximum Gasteiger partial charge on any atom is 0.305 e. The lowest BCUT2D eigenvalue weighted by Gasteiger charge is -2.11. The Morgan fingerprint density at radius 3 is 2.14 bits per heavy atom. The van der Waals surface area contributed by atoms with Crippen LogP contribution in [0.2, 0.25) is 0 Å². The fourth-order valence-corrected chi connectivity index (χ4v) is 2.22. The van der Waals surface area contributed by atoms with Crippen LogP contribution in [0.1, 0.15) is 49.7 Å². The lowest BCUT2D eigenvalue weighted by molar-refractivity contribution is -0.140. The normalized spacial score (nSPS) is 10.2. The second-order valence-electron chi connectivity index (χ2n) is 5.31. The molecule has 0 saturated carbocycles. The van der Waals surface area contributed by atoms with Crippen LogP contribution >= 0.6 is 0 Å². The number of carbonyl (C=O) groups excluding carboxylic acids is 2. The van der Waals surface area contributed by atoms with Gasteiger partial charge >= 0.3 is 5.97 Å². The van der Waals surface area contributed by atoms with E-state index in [2.05, 4.69) is 10.1 Å². The van der Waals surface area contributed by atoms with Crippen LogP contribution in [0.4, 0.5) is 5.69 Å². The predicted octanol–water partition coefficient (Wildman–Crippen LogP) is 3.76. The van der Waals surface area contributed by atoms with Gasteiger partial charge in [-0.1, -0.05) is 31.0 Å². The minimum Gasteiger partial charge on any atom is -0.469 e. The highest BCUT2D eigenvalue weighted by atomic mass is 16.5. The summed E-state index contributed by atoms with van der Waals surface area (Å²) in [5.74, 6) is -0.108. The smallest absolute Gasteiger partial charge is 0.305 e.